The molecule has 0 saturated carbocycles. The smallest absolute Gasteiger partial charge is 0.250 e. The van der Waals surface area contributed by atoms with Crippen molar-refractivity contribution in [1.82, 2.24) is 0 Å². The fourth-order valence-corrected chi connectivity index (χ4v) is 4.51. The Labute approximate surface area is 191 Å². The molecule has 0 bridgehead atoms. The summed E-state index contributed by atoms with van der Waals surface area (Å²) in [5.41, 5.74) is -0.916. The van der Waals surface area contributed by atoms with E-state index in [0.29, 0.717) is 39.9 Å². The van der Waals surface area contributed by atoms with E-state index in [1.54, 1.807) is 44.6 Å². The number of aliphatic hydroxyl groups is 2. The van der Waals surface area contributed by atoms with Crippen LogP contribution in [0.1, 0.15) is 38.0 Å². The van der Waals surface area contributed by atoms with Crippen LogP contribution in [0.15, 0.2) is 30.3 Å². The standard InChI is InChI=1S/C24H34O7Si/c1-23(2,3)32(7,8)31-20-17(11-12-18(28-5)21(20)29-6)24(26)14-30-19-13-15(27-4)9-10-16(19)22(24)25/h9-13,22,25-26H,14H2,1-8H3/t22-,24-/m0/s1. The van der Waals surface area contributed by atoms with Gasteiger partial charge in [0.1, 0.15) is 24.2 Å². The van der Waals surface area contributed by atoms with E-state index < -0.39 is 20.0 Å². The summed E-state index contributed by atoms with van der Waals surface area (Å²) in [6.07, 6.45) is -1.25. The summed E-state index contributed by atoms with van der Waals surface area (Å²) in [6.45, 7) is 10.4. The molecule has 1 aliphatic rings. The van der Waals surface area contributed by atoms with Crippen molar-refractivity contribution in [3.05, 3.63) is 41.5 Å². The van der Waals surface area contributed by atoms with E-state index >= 15 is 0 Å². The minimum absolute atomic E-state index is 0.105. The molecule has 0 amide bonds. The monoisotopic (exact) mass is 462 g/mol. The zero-order valence-corrected chi connectivity index (χ0v) is 21.1. The van der Waals surface area contributed by atoms with E-state index in [-0.39, 0.29) is 11.6 Å². The molecule has 2 aromatic rings. The van der Waals surface area contributed by atoms with Crippen LogP contribution in [0, 0.1) is 0 Å². The van der Waals surface area contributed by atoms with Gasteiger partial charge in [-0.15, -0.1) is 0 Å². The topological polar surface area (TPSA) is 86.6 Å². The Balaban J connectivity index is 2.18. The molecule has 1 aliphatic heterocycles. The summed E-state index contributed by atoms with van der Waals surface area (Å²) in [5, 5.41) is 23.0. The lowest BCUT2D eigenvalue weighted by molar-refractivity contribution is -0.122. The second kappa shape index (κ2) is 8.50. The molecule has 3 rings (SSSR count). The summed E-state index contributed by atoms with van der Waals surface area (Å²) in [6, 6.07) is 8.50. The molecule has 0 aromatic heterocycles. The lowest BCUT2D eigenvalue weighted by Gasteiger charge is -2.42. The molecule has 0 unspecified atom stereocenters. The molecule has 2 aromatic carbocycles. The molecule has 176 valence electrons. The minimum atomic E-state index is -2.35. The van der Waals surface area contributed by atoms with Crippen LogP contribution in [-0.4, -0.2) is 46.5 Å². The Morgan fingerprint density at radius 3 is 2.25 bits per heavy atom. The lowest BCUT2D eigenvalue weighted by atomic mass is 9.82. The Bertz CT molecular complexity index is 983. The van der Waals surface area contributed by atoms with E-state index in [1.165, 1.54) is 7.11 Å². The summed E-state index contributed by atoms with van der Waals surface area (Å²) in [5.74, 6) is 2.28. The predicted molar refractivity (Wildman–Crippen MR) is 125 cm³/mol. The first-order valence-electron chi connectivity index (χ1n) is 10.5. The van der Waals surface area contributed by atoms with Crippen LogP contribution in [0.25, 0.3) is 0 Å². The predicted octanol–water partition coefficient (Wildman–Crippen LogP) is 4.41. The van der Waals surface area contributed by atoms with Gasteiger partial charge in [0.15, 0.2) is 17.1 Å². The summed E-state index contributed by atoms with van der Waals surface area (Å²) >= 11 is 0. The average Bonchev–Trinajstić information content (AvgIpc) is 2.74. The number of ether oxygens (including phenoxy) is 4. The van der Waals surface area contributed by atoms with Gasteiger partial charge in [-0.1, -0.05) is 20.8 Å². The molecule has 0 radical (unpaired) electrons. The van der Waals surface area contributed by atoms with Gasteiger partial charge in [-0.05, 0) is 42.4 Å². The van der Waals surface area contributed by atoms with Gasteiger partial charge in [0, 0.05) is 17.2 Å². The SMILES string of the molecule is COc1ccc2c(c1)OC[C@](O)(c1ccc(OC)c(OC)c1O[Si](C)(C)C(C)(C)C)[C@H]2O. The Morgan fingerprint density at radius 1 is 1.00 bits per heavy atom. The van der Waals surface area contributed by atoms with E-state index in [0.717, 1.165) is 0 Å². The number of rotatable bonds is 6. The van der Waals surface area contributed by atoms with Crippen LogP contribution in [0.5, 0.6) is 28.7 Å². The largest absolute Gasteiger partial charge is 0.541 e. The van der Waals surface area contributed by atoms with Gasteiger partial charge < -0.3 is 33.6 Å². The number of hydrogen-bond acceptors (Lipinski definition) is 7. The lowest BCUT2D eigenvalue weighted by Crippen LogP contribution is -2.46. The van der Waals surface area contributed by atoms with Gasteiger partial charge in [0.25, 0.3) is 8.32 Å². The molecule has 0 fully saturated rings. The molecule has 32 heavy (non-hydrogen) atoms. The second-order valence-corrected chi connectivity index (χ2v) is 14.3. The molecule has 0 aliphatic carbocycles. The first kappa shape index (κ1) is 24.2. The van der Waals surface area contributed by atoms with E-state index in [2.05, 4.69) is 33.9 Å². The molecular formula is C24H34O7Si. The number of aliphatic hydroxyl groups excluding tert-OH is 1. The first-order chi connectivity index (χ1) is 14.9. The summed E-state index contributed by atoms with van der Waals surface area (Å²) in [4.78, 5) is 0. The highest BCUT2D eigenvalue weighted by atomic mass is 28.4. The van der Waals surface area contributed by atoms with Crippen LogP contribution < -0.4 is 23.4 Å². The summed E-state index contributed by atoms with van der Waals surface area (Å²) < 4.78 is 28.9. The van der Waals surface area contributed by atoms with Crippen molar-refractivity contribution in [3.63, 3.8) is 0 Å². The van der Waals surface area contributed by atoms with Crippen molar-refractivity contribution in [2.45, 2.75) is 50.6 Å². The van der Waals surface area contributed by atoms with Gasteiger partial charge >= 0.3 is 0 Å². The number of hydrogen-bond donors (Lipinski definition) is 2. The normalized spacial score (nSPS) is 20.8. The first-order valence-corrected chi connectivity index (χ1v) is 13.5. The Hall–Kier alpha value is -2.42. The van der Waals surface area contributed by atoms with Gasteiger partial charge in [0.2, 0.25) is 5.75 Å². The zero-order chi connectivity index (χ0) is 23.9. The van der Waals surface area contributed by atoms with Crippen molar-refractivity contribution in [3.8, 4) is 28.7 Å². The van der Waals surface area contributed by atoms with Gasteiger partial charge in [0.05, 0.1) is 21.3 Å². The maximum Gasteiger partial charge on any atom is 0.250 e. The Morgan fingerprint density at radius 2 is 1.69 bits per heavy atom. The van der Waals surface area contributed by atoms with E-state index in [4.69, 9.17) is 23.4 Å². The minimum Gasteiger partial charge on any atom is -0.541 e. The second-order valence-electron chi connectivity index (χ2n) is 9.56. The van der Waals surface area contributed by atoms with E-state index in [9.17, 15) is 10.2 Å². The molecule has 1 heterocycles. The number of fused-ring (bicyclic) bond motifs is 1. The maximum atomic E-state index is 11.8. The fourth-order valence-electron chi connectivity index (χ4n) is 3.49. The van der Waals surface area contributed by atoms with Crippen molar-refractivity contribution in [2.75, 3.05) is 27.9 Å². The molecule has 7 nitrogen and oxygen atoms in total. The van der Waals surface area contributed by atoms with E-state index in [1.807, 2.05) is 0 Å². The maximum absolute atomic E-state index is 11.8. The highest BCUT2D eigenvalue weighted by Gasteiger charge is 2.48. The van der Waals surface area contributed by atoms with Gasteiger partial charge in [-0.25, -0.2) is 0 Å². The fraction of sp³-hybridized carbons (Fsp3) is 0.500. The van der Waals surface area contributed by atoms with Crippen LogP contribution >= 0.6 is 0 Å². The third-order valence-corrected chi connectivity index (χ3v) is 10.9. The third kappa shape index (κ3) is 4.02. The summed E-state index contributed by atoms with van der Waals surface area (Å²) in [7, 11) is 2.29. The molecule has 2 atom stereocenters. The van der Waals surface area contributed by atoms with Gasteiger partial charge in [-0.3, -0.25) is 0 Å². The van der Waals surface area contributed by atoms with Crippen LogP contribution in [-0.2, 0) is 5.60 Å². The Kier molecular flexibility index (Phi) is 6.43. The molecule has 8 heteroatoms. The number of methoxy groups -OCH3 is 3. The van der Waals surface area contributed by atoms with Crippen molar-refractivity contribution in [2.24, 2.45) is 0 Å². The zero-order valence-electron chi connectivity index (χ0n) is 20.1. The molecular weight excluding hydrogens is 428 g/mol. The highest BCUT2D eigenvalue weighted by Crippen LogP contribution is 2.52. The van der Waals surface area contributed by atoms with Crippen molar-refractivity contribution >= 4 is 8.32 Å². The quantitative estimate of drug-likeness (QED) is 0.615. The van der Waals surface area contributed by atoms with Crippen LogP contribution in [0.2, 0.25) is 18.1 Å². The average molecular weight is 463 g/mol. The highest BCUT2D eigenvalue weighted by molar-refractivity contribution is 6.74. The number of benzene rings is 2. The van der Waals surface area contributed by atoms with Crippen LogP contribution in [0.3, 0.4) is 0 Å². The molecule has 2 N–H and O–H groups in total. The van der Waals surface area contributed by atoms with Crippen molar-refractivity contribution < 1.29 is 33.6 Å². The van der Waals surface area contributed by atoms with Gasteiger partial charge in [-0.2, -0.15) is 0 Å². The third-order valence-electron chi connectivity index (χ3n) is 6.55. The van der Waals surface area contributed by atoms with Crippen molar-refractivity contribution in [1.29, 1.82) is 0 Å². The van der Waals surface area contributed by atoms with Crippen LogP contribution in [0.4, 0.5) is 0 Å². The molecule has 0 spiro atoms. The molecule has 0 saturated heterocycles.